The average Bonchev–Trinajstić information content (AvgIpc) is 2.80. The van der Waals surface area contributed by atoms with Gasteiger partial charge in [-0.3, -0.25) is 0 Å². The highest BCUT2D eigenvalue weighted by atomic mass is 32.2. The Balaban J connectivity index is 1.77. The molecular formula is C16H17NO2S. The van der Waals surface area contributed by atoms with E-state index in [1.54, 1.807) is 12.1 Å². The minimum absolute atomic E-state index is 0.0429. The zero-order valence-electron chi connectivity index (χ0n) is 11.3. The van der Waals surface area contributed by atoms with Crippen LogP contribution in [0.4, 0.5) is 0 Å². The molecule has 0 heterocycles. The molecule has 2 aromatic rings. The first-order valence-electron chi connectivity index (χ1n) is 6.70. The summed E-state index contributed by atoms with van der Waals surface area (Å²) >= 11 is 0. The standard InChI is InChI=1S/C16H17NO2S/c1-12-6-8-16(9-7-12)20(18,19)17-15-10-13-4-2-3-5-14(13)11-15/h2-9,15,17H,10-11H2,1H3. The number of aryl methyl sites for hydroxylation is 1. The van der Waals surface area contributed by atoms with Gasteiger partial charge in [0, 0.05) is 6.04 Å². The van der Waals surface area contributed by atoms with E-state index in [2.05, 4.69) is 16.9 Å². The summed E-state index contributed by atoms with van der Waals surface area (Å²) in [6.07, 6.45) is 1.53. The van der Waals surface area contributed by atoms with Gasteiger partial charge in [-0.05, 0) is 43.0 Å². The molecule has 0 saturated heterocycles. The van der Waals surface area contributed by atoms with Gasteiger partial charge in [0.05, 0.1) is 4.90 Å². The maximum Gasteiger partial charge on any atom is 0.240 e. The number of hydrogen-bond acceptors (Lipinski definition) is 2. The molecule has 20 heavy (non-hydrogen) atoms. The smallest absolute Gasteiger partial charge is 0.207 e. The minimum atomic E-state index is -3.43. The summed E-state index contributed by atoms with van der Waals surface area (Å²) in [5.41, 5.74) is 3.53. The van der Waals surface area contributed by atoms with Crippen molar-refractivity contribution >= 4 is 10.0 Å². The highest BCUT2D eigenvalue weighted by Crippen LogP contribution is 2.23. The van der Waals surface area contributed by atoms with Gasteiger partial charge in [0.2, 0.25) is 10.0 Å². The van der Waals surface area contributed by atoms with Gasteiger partial charge in [0.15, 0.2) is 0 Å². The lowest BCUT2D eigenvalue weighted by atomic mass is 10.1. The van der Waals surface area contributed by atoms with Crippen molar-refractivity contribution in [2.75, 3.05) is 0 Å². The summed E-state index contributed by atoms with van der Waals surface area (Å²) in [4.78, 5) is 0.332. The number of sulfonamides is 1. The van der Waals surface area contributed by atoms with Crippen LogP contribution in [0.25, 0.3) is 0 Å². The van der Waals surface area contributed by atoms with Crippen molar-refractivity contribution < 1.29 is 8.42 Å². The molecule has 0 spiro atoms. The van der Waals surface area contributed by atoms with Crippen LogP contribution in [0.3, 0.4) is 0 Å². The van der Waals surface area contributed by atoms with Gasteiger partial charge < -0.3 is 0 Å². The third kappa shape index (κ3) is 2.62. The molecule has 0 fully saturated rings. The molecule has 0 aliphatic heterocycles. The molecule has 0 radical (unpaired) electrons. The van der Waals surface area contributed by atoms with Gasteiger partial charge >= 0.3 is 0 Å². The van der Waals surface area contributed by atoms with Gasteiger partial charge in [-0.2, -0.15) is 0 Å². The van der Waals surface area contributed by atoms with Crippen molar-refractivity contribution in [1.82, 2.24) is 4.72 Å². The van der Waals surface area contributed by atoms with Crippen LogP contribution in [-0.2, 0) is 22.9 Å². The van der Waals surface area contributed by atoms with Crippen LogP contribution in [0.2, 0.25) is 0 Å². The van der Waals surface area contributed by atoms with Crippen molar-refractivity contribution in [3.63, 3.8) is 0 Å². The summed E-state index contributed by atoms with van der Waals surface area (Å²) in [5, 5.41) is 0. The molecular weight excluding hydrogens is 270 g/mol. The molecule has 3 nitrogen and oxygen atoms in total. The molecule has 1 N–H and O–H groups in total. The van der Waals surface area contributed by atoms with E-state index >= 15 is 0 Å². The summed E-state index contributed by atoms with van der Waals surface area (Å²) in [6, 6.07) is 15.0. The second kappa shape index (κ2) is 5.04. The van der Waals surface area contributed by atoms with Crippen molar-refractivity contribution in [3.05, 3.63) is 65.2 Å². The van der Waals surface area contributed by atoms with E-state index in [1.165, 1.54) is 11.1 Å². The molecule has 2 aromatic carbocycles. The fourth-order valence-electron chi connectivity index (χ4n) is 2.65. The van der Waals surface area contributed by atoms with Crippen LogP contribution in [-0.4, -0.2) is 14.5 Å². The van der Waals surface area contributed by atoms with Crippen LogP contribution in [0.1, 0.15) is 16.7 Å². The third-order valence-electron chi connectivity index (χ3n) is 3.70. The fourth-order valence-corrected chi connectivity index (χ4v) is 3.88. The van der Waals surface area contributed by atoms with Crippen LogP contribution in [0.5, 0.6) is 0 Å². The molecule has 1 aliphatic rings. The topological polar surface area (TPSA) is 46.2 Å². The first-order chi connectivity index (χ1) is 9.54. The summed E-state index contributed by atoms with van der Waals surface area (Å²) < 4.78 is 27.5. The summed E-state index contributed by atoms with van der Waals surface area (Å²) in [7, 11) is -3.43. The zero-order valence-corrected chi connectivity index (χ0v) is 12.2. The van der Waals surface area contributed by atoms with E-state index in [0.29, 0.717) is 4.90 Å². The maximum atomic E-state index is 12.3. The van der Waals surface area contributed by atoms with Gasteiger partial charge in [0.25, 0.3) is 0 Å². The zero-order chi connectivity index (χ0) is 14.2. The van der Waals surface area contributed by atoms with E-state index in [1.807, 2.05) is 31.2 Å². The Bertz CT molecular complexity index is 695. The molecule has 1 aliphatic carbocycles. The number of benzene rings is 2. The Morgan fingerprint density at radius 1 is 0.950 bits per heavy atom. The number of fused-ring (bicyclic) bond motifs is 1. The molecule has 0 bridgehead atoms. The highest BCUT2D eigenvalue weighted by molar-refractivity contribution is 7.89. The Hall–Kier alpha value is -1.65. The van der Waals surface area contributed by atoms with E-state index in [9.17, 15) is 8.42 Å². The van der Waals surface area contributed by atoms with Crippen LogP contribution >= 0.6 is 0 Å². The van der Waals surface area contributed by atoms with E-state index < -0.39 is 10.0 Å². The lowest BCUT2D eigenvalue weighted by Gasteiger charge is -2.12. The van der Waals surface area contributed by atoms with Crippen molar-refractivity contribution in [3.8, 4) is 0 Å². The first-order valence-corrected chi connectivity index (χ1v) is 8.19. The molecule has 4 heteroatoms. The van der Waals surface area contributed by atoms with Gasteiger partial charge in [-0.1, -0.05) is 42.0 Å². The number of nitrogens with one attached hydrogen (secondary N) is 1. The van der Waals surface area contributed by atoms with E-state index in [-0.39, 0.29) is 6.04 Å². The lowest BCUT2D eigenvalue weighted by molar-refractivity contribution is 0.555. The molecule has 0 aromatic heterocycles. The van der Waals surface area contributed by atoms with Gasteiger partial charge in [-0.15, -0.1) is 0 Å². The molecule has 3 rings (SSSR count). The minimum Gasteiger partial charge on any atom is -0.207 e. The van der Waals surface area contributed by atoms with Crippen molar-refractivity contribution in [2.45, 2.75) is 30.7 Å². The Morgan fingerprint density at radius 2 is 1.50 bits per heavy atom. The first kappa shape index (κ1) is 13.3. The van der Waals surface area contributed by atoms with Gasteiger partial charge in [-0.25, -0.2) is 13.1 Å². The summed E-state index contributed by atoms with van der Waals surface area (Å²) in [6.45, 7) is 1.94. The normalized spacial score (nSPS) is 15.2. The molecule has 0 amide bonds. The Morgan fingerprint density at radius 3 is 2.05 bits per heavy atom. The van der Waals surface area contributed by atoms with Crippen LogP contribution < -0.4 is 4.72 Å². The van der Waals surface area contributed by atoms with Crippen molar-refractivity contribution in [2.24, 2.45) is 0 Å². The monoisotopic (exact) mass is 287 g/mol. The second-order valence-corrected chi connectivity index (χ2v) is 7.02. The predicted molar refractivity (Wildman–Crippen MR) is 79.1 cm³/mol. The fraction of sp³-hybridized carbons (Fsp3) is 0.250. The molecule has 0 saturated carbocycles. The SMILES string of the molecule is Cc1ccc(S(=O)(=O)NC2Cc3ccccc3C2)cc1. The highest BCUT2D eigenvalue weighted by Gasteiger charge is 2.26. The average molecular weight is 287 g/mol. The van der Waals surface area contributed by atoms with Crippen LogP contribution in [0, 0.1) is 6.92 Å². The maximum absolute atomic E-state index is 12.3. The quantitative estimate of drug-likeness (QED) is 0.942. The molecule has 0 unspecified atom stereocenters. The molecule has 104 valence electrons. The van der Waals surface area contributed by atoms with Crippen molar-refractivity contribution in [1.29, 1.82) is 0 Å². The Labute approximate surface area is 119 Å². The van der Waals surface area contributed by atoms with E-state index in [0.717, 1.165) is 18.4 Å². The predicted octanol–water partition coefficient (Wildman–Crippen LogP) is 2.44. The largest absolute Gasteiger partial charge is 0.240 e. The van der Waals surface area contributed by atoms with Gasteiger partial charge in [0.1, 0.15) is 0 Å². The summed E-state index contributed by atoms with van der Waals surface area (Å²) in [5.74, 6) is 0. The van der Waals surface area contributed by atoms with Crippen LogP contribution in [0.15, 0.2) is 53.4 Å². The molecule has 0 atom stereocenters. The number of hydrogen-bond donors (Lipinski definition) is 1. The third-order valence-corrected chi connectivity index (χ3v) is 5.24. The lowest BCUT2D eigenvalue weighted by Crippen LogP contribution is -2.35. The van der Waals surface area contributed by atoms with E-state index in [4.69, 9.17) is 0 Å². The number of rotatable bonds is 3. The second-order valence-electron chi connectivity index (χ2n) is 5.31. The Kier molecular flexibility index (Phi) is 3.36.